The fourth-order valence-corrected chi connectivity index (χ4v) is 1.53. The van der Waals surface area contributed by atoms with Crippen molar-refractivity contribution in [1.29, 1.82) is 0 Å². The van der Waals surface area contributed by atoms with E-state index in [-0.39, 0.29) is 5.91 Å². The lowest BCUT2D eigenvalue weighted by Crippen LogP contribution is -2.35. The van der Waals surface area contributed by atoms with E-state index in [4.69, 9.17) is 5.73 Å². The molecule has 0 aliphatic rings. The quantitative estimate of drug-likeness (QED) is 0.610. The zero-order valence-corrected chi connectivity index (χ0v) is 10.5. The van der Waals surface area contributed by atoms with Gasteiger partial charge in [0.25, 0.3) is 0 Å². The molecule has 1 unspecified atom stereocenters. The SMILES string of the molecule is CCC(N)C(=O)Nc1cc(C)nc(SC)n1. The van der Waals surface area contributed by atoms with Gasteiger partial charge in [-0.25, -0.2) is 9.97 Å². The highest BCUT2D eigenvalue weighted by molar-refractivity contribution is 7.98. The molecule has 16 heavy (non-hydrogen) atoms. The Kier molecular flexibility index (Phi) is 4.70. The minimum absolute atomic E-state index is 0.215. The summed E-state index contributed by atoms with van der Waals surface area (Å²) in [7, 11) is 0. The third-order valence-electron chi connectivity index (χ3n) is 2.04. The molecule has 0 aromatic carbocycles. The second-order valence-corrected chi connectivity index (χ2v) is 4.16. The highest BCUT2D eigenvalue weighted by atomic mass is 32.2. The molecule has 0 fully saturated rings. The van der Waals surface area contributed by atoms with Gasteiger partial charge in [-0.1, -0.05) is 18.7 Å². The van der Waals surface area contributed by atoms with Crippen LogP contribution in [0.25, 0.3) is 0 Å². The first kappa shape index (κ1) is 12.9. The van der Waals surface area contributed by atoms with Gasteiger partial charge in [0.2, 0.25) is 5.91 Å². The van der Waals surface area contributed by atoms with Crippen LogP contribution in [0.5, 0.6) is 0 Å². The number of anilines is 1. The molecule has 0 bridgehead atoms. The number of rotatable bonds is 4. The van der Waals surface area contributed by atoms with Crippen LogP contribution in [0.4, 0.5) is 5.82 Å². The summed E-state index contributed by atoms with van der Waals surface area (Å²) in [5, 5.41) is 3.32. The van der Waals surface area contributed by atoms with E-state index in [1.165, 1.54) is 11.8 Å². The topological polar surface area (TPSA) is 80.9 Å². The molecule has 88 valence electrons. The molecule has 1 aromatic rings. The summed E-state index contributed by atoms with van der Waals surface area (Å²) in [4.78, 5) is 19.9. The number of amides is 1. The van der Waals surface area contributed by atoms with E-state index in [1.54, 1.807) is 6.07 Å². The summed E-state index contributed by atoms with van der Waals surface area (Å²) in [5.41, 5.74) is 6.43. The summed E-state index contributed by atoms with van der Waals surface area (Å²) in [5.74, 6) is 0.290. The van der Waals surface area contributed by atoms with Crippen molar-refractivity contribution in [3.05, 3.63) is 11.8 Å². The number of carbonyl (C=O) groups is 1. The van der Waals surface area contributed by atoms with E-state index >= 15 is 0 Å². The summed E-state index contributed by atoms with van der Waals surface area (Å²) in [6.07, 6.45) is 2.49. The van der Waals surface area contributed by atoms with E-state index in [0.717, 1.165) is 5.69 Å². The van der Waals surface area contributed by atoms with Crippen LogP contribution in [0, 0.1) is 6.92 Å². The summed E-state index contributed by atoms with van der Waals surface area (Å²) in [6.45, 7) is 3.72. The number of thioether (sulfide) groups is 1. The van der Waals surface area contributed by atoms with E-state index in [1.807, 2.05) is 20.1 Å². The van der Waals surface area contributed by atoms with Crippen molar-refractivity contribution in [3.8, 4) is 0 Å². The molecule has 0 radical (unpaired) electrons. The van der Waals surface area contributed by atoms with Gasteiger partial charge in [0.1, 0.15) is 5.82 Å². The first-order valence-electron chi connectivity index (χ1n) is 5.03. The number of aromatic nitrogens is 2. The highest BCUT2D eigenvalue weighted by Gasteiger charge is 2.12. The van der Waals surface area contributed by atoms with Gasteiger partial charge < -0.3 is 11.1 Å². The Labute approximate surface area is 99.2 Å². The van der Waals surface area contributed by atoms with Crippen molar-refractivity contribution in [2.24, 2.45) is 5.73 Å². The van der Waals surface area contributed by atoms with Crippen molar-refractivity contribution >= 4 is 23.5 Å². The largest absolute Gasteiger partial charge is 0.320 e. The molecular weight excluding hydrogens is 224 g/mol. The second kappa shape index (κ2) is 5.81. The molecule has 1 aromatic heterocycles. The van der Waals surface area contributed by atoms with Crippen molar-refractivity contribution in [2.45, 2.75) is 31.5 Å². The Morgan fingerprint density at radius 2 is 2.31 bits per heavy atom. The van der Waals surface area contributed by atoms with Crippen LogP contribution in [0.2, 0.25) is 0 Å². The lowest BCUT2D eigenvalue weighted by atomic mass is 10.2. The number of carbonyl (C=O) groups excluding carboxylic acids is 1. The van der Waals surface area contributed by atoms with Gasteiger partial charge in [-0.05, 0) is 19.6 Å². The molecule has 0 saturated carbocycles. The van der Waals surface area contributed by atoms with Crippen LogP contribution < -0.4 is 11.1 Å². The Morgan fingerprint density at radius 1 is 1.62 bits per heavy atom. The van der Waals surface area contributed by atoms with E-state index in [9.17, 15) is 4.79 Å². The first-order chi connectivity index (χ1) is 7.56. The molecule has 0 saturated heterocycles. The van der Waals surface area contributed by atoms with Crippen LogP contribution in [0.3, 0.4) is 0 Å². The monoisotopic (exact) mass is 240 g/mol. The van der Waals surface area contributed by atoms with Gasteiger partial charge in [0.05, 0.1) is 6.04 Å². The van der Waals surface area contributed by atoms with Gasteiger partial charge in [-0.15, -0.1) is 0 Å². The minimum Gasteiger partial charge on any atom is -0.320 e. The number of nitrogens with two attached hydrogens (primary N) is 1. The van der Waals surface area contributed by atoms with Crippen LogP contribution in [0.1, 0.15) is 19.0 Å². The molecule has 1 amide bonds. The summed E-state index contributed by atoms with van der Waals surface area (Å²) >= 11 is 1.43. The number of nitrogens with zero attached hydrogens (tertiary/aromatic N) is 2. The average Bonchev–Trinajstić information content (AvgIpc) is 2.26. The van der Waals surface area contributed by atoms with Crippen LogP contribution in [-0.2, 0) is 4.79 Å². The molecule has 0 aliphatic heterocycles. The van der Waals surface area contributed by atoms with Gasteiger partial charge in [0, 0.05) is 11.8 Å². The molecule has 5 nitrogen and oxygen atoms in total. The minimum atomic E-state index is -0.493. The lowest BCUT2D eigenvalue weighted by molar-refractivity contribution is -0.117. The average molecular weight is 240 g/mol. The van der Waals surface area contributed by atoms with Gasteiger partial charge >= 0.3 is 0 Å². The number of nitrogens with one attached hydrogen (secondary N) is 1. The highest BCUT2D eigenvalue weighted by Crippen LogP contribution is 2.13. The summed E-state index contributed by atoms with van der Waals surface area (Å²) in [6, 6.07) is 1.23. The molecular formula is C10H16N4OS. The Morgan fingerprint density at radius 3 is 2.88 bits per heavy atom. The van der Waals surface area contributed by atoms with Crippen LogP contribution in [-0.4, -0.2) is 28.2 Å². The molecule has 0 aliphatic carbocycles. The Bertz CT molecular complexity index is 383. The molecule has 3 N–H and O–H groups in total. The lowest BCUT2D eigenvalue weighted by Gasteiger charge is -2.10. The first-order valence-corrected chi connectivity index (χ1v) is 6.25. The number of hydrogen-bond donors (Lipinski definition) is 2. The zero-order chi connectivity index (χ0) is 12.1. The van der Waals surface area contributed by atoms with Crippen molar-refractivity contribution in [2.75, 3.05) is 11.6 Å². The third kappa shape index (κ3) is 3.46. The molecule has 1 rings (SSSR count). The standard InChI is InChI=1S/C10H16N4OS/c1-4-7(11)9(15)13-8-5-6(2)12-10(14-8)16-3/h5,7H,4,11H2,1-3H3,(H,12,13,14,15). The fourth-order valence-electron chi connectivity index (χ4n) is 1.10. The Hall–Kier alpha value is -1.14. The van der Waals surface area contributed by atoms with Gasteiger partial charge in [-0.3, -0.25) is 4.79 Å². The van der Waals surface area contributed by atoms with Crippen molar-refractivity contribution < 1.29 is 4.79 Å². The maximum absolute atomic E-state index is 11.6. The summed E-state index contributed by atoms with van der Waals surface area (Å²) < 4.78 is 0. The molecule has 0 spiro atoms. The molecule has 1 atom stereocenters. The van der Waals surface area contributed by atoms with E-state index < -0.39 is 6.04 Å². The maximum atomic E-state index is 11.6. The second-order valence-electron chi connectivity index (χ2n) is 3.39. The number of hydrogen-bond acceptors (Lipinski definition) is 5. The Balaban J connectivity index is 2.81. The van der Waals surface area contributed by atoms with Crippen molar-refractivity contribution in [1.82, 2.24) is 9.97 Å². The van der Waals surface area contributed by atoms with E-state index in [0.29, 0.717) is 17.4 Å². The smallest absolute Gasteiger partial charge is 0.242 e. The fraction of sp³-hybridized carbons (Fsp3) is 0.500. The number of aryl methyl sites for hydroxylation is 1. The van der Waals surface area contributed by atoms with Crippen LogP contribution in [0.15, 0.2) is 11.2 Å². The van der Waals surface area contributed by atoms with Crippen LogP contribution >= 0.6 is 11.8 Å². The predicted molar refractivity (Wildman–Crippen MR) is 65.4 cm³/mol. The normalized spacial score (nSPS) is 12.2. The third-order valence-corrected chi connectivity index (χ3v) is 2.59. The maximum Gasteiger partial charge on any atom is 0.242 e. The molecule has 1 heterocycles. The van der Waals surface area contributed by atoms with Gasteiger partial charge in [0.15, 0.2) is 5.16 Å². The van der Waals surface area contributed by atoms with Gasteiger partial charge in [-0.2, -0.15) is 0 Å². The molecule has 6 heteroatoms. The van der Waals surface area contributed by atoms with Crippen molar-refractivity contribution in [3.63, 3.8) is 0 Å². The van der Waals surface area contributed by atoms with E-state index in [2.05, 4.69) is 15.3 Å². The zero-order valence-electron chi connectivity index (χ0n) is 9.65. The predicted octanol–water partition coefficient (Wildman–Crippen LogP) is 1.18.